The van der Waals surface area contributed by atoms with Gasteiger partial charge in [0.05, 0.1) is 6.54 Å². The Kier molecular flexibility index (Phi) is 4.85. The molecule has 0 spiro atoms. The number of hydrogen-bond donors (Lipinski definition) is 1. The van der Waals surface area contributed by atoms with Crippen LogP contribution in [-0.4, -0.2) is 21.7 Å². The number of aromatic nitrogens is 2. The molecule has 0 radical (unpaired) electrons. The number of furan rings is 1. The van der Waals surface area contributed by atoms with Crippen LogP contribution in [0.5, 0.6) is 0 Å². The van der Waals surface area contributed by atoms with Gasteiger partial charge in [-0.25, -0.2) is 0 Å². The summed E-state index contributed by atoms with van der Waals surface area (Å²) >= 11 is 0. The molecule has 1 aliphatic carbocycles. The number of carbonyl (C=O) groups excluding carboxylic acids is 1. The minimum Gasteiger partial charge on any atom is -0.454 e. The second-order valence-corrected chi connectivity index (χ2v) is 7.68. The van der Waals surface area contributed by atoms with Crippen LogP contribution in [0.3, 0.4) is 0 Å². The van der Waals surface area contributed by atoms with Gasteiger partial charge in [0.15, 0.2) is 5.76 Å². The molecule has 1 saturated carbocycles. The number of hydrogen-bond acceptors (Lipinski definition) is 4. The molecule has 2 aromatic heterocycles. The number of carbonyl (C=O) groups is 1. The largest absolute Gasteiger partial charge is 0.454 e. The summed E-state index contributed by atoms with van der Waals surface area (Å²) < 4.78 is 7.82. The molecule has 31 heavy (non-hydrogen) atoms. The molecule has 0 unspecified atom stereocenters. The fourth-order valence-electron chi connectivity index (χ4n) is 3.48. The second kappa shape index (κ2) is 7.96. The normalized spacial score (nSPS) is 13.8. The number of fused-ring (bicyclic) bond motifs is 1. The Bertz CT molecular complexity index is 1290. The van der Waals surface area contributed by atoms with E-state index < -0.39 is 0 Å². The van der Waals surface area contributed by atoms with Gasteiger partial charge in [-0.15, -0.1) is 0 Å². The van der Waals surface area contributed by atoms with E-state index >= 15 is 0 Å². The van der Waals surface area contributed by atoms with Crippen LogP contribution in [0.25, 0.3) is 28.5 Å². The lowest BCUT2D eigenvalue weighted by Gasteiger charge is -2.01. The SMILES string of the molecule is N#C/C(=C\c1cn(Cc2ccccc2)nc1-c1cc2ccccc2o1)C(=O)NC1CC1. The number of para-hydroxylation sites is 1. The van der Waals surface area contributed by atoms with E-state index in [0.717, 1.165) is 29.4 Å². The highest BCUT2D eigenvalue weighted by Gasteiger charge is 2.25. The summed E-state index contributed by atoms with van der Waals surface area (Å²) in [5.74, 6) is 0.246. The number of benzene rings is 2. The van der Waals surface area contributed by atoms with E-state index in [1.54, 1.807) is 10.8 Å². The Morgan fingerprint density at radius 3 is 2.71 bits per heavy atom. The van der Waals surface area contributed by atoms with Gasteiger partial charge in [-0.2, -0.15) is 10.4 Å². The summed E-state index contributed by atoms with van der Waals surface area (Å²) in [6.45, 7) is 0.568. The first-order chi connectivity index (χ1) is 15.2. The second-order valence-electron chi connectivity index (χ2n) is 7.68. The fraction of sp³-hybridized carbons (Fsp3) is 0.160. The lowest BCUT2D eigenvalue weighted by Crippen LogP contribution is -2.26. The Hall–Kier alpha value is -4.11. The number of nitrogens with zero attached hydrogens (tertiary/aromatic N) is 3. The van der Waals surface area contributed by atoms with Gasteiger partial charge < -0.3 is 9.73 Å². The maximum atomic E-state index is 12.5. The molecule has 1 fully saturated rings. The van der Waals surface area contributed by atoms with E-state index in [1.807, 2.05) is 72.9 Å². The first kappa shape index (κ1) is 18.9. The van der Waals surface area contributed by atoms with Crippen molar-refractivity contribution in [3.8, 4) is 17.5 Å². The van der Waals surface area contributed by atoms with E-state index in [2.05, 4.69) is 5.32 Å². The zero-order valence-corrected chi connectivity index (χ0v) is 16.8. The number of nitriles is 1. The molecule has 0 aliphatic heterocycles. The molecule has 1 N–H and O–H groups in total. The Balaban J connectivity index is 1.56. The van der Waals surface area contributed by atoms with Crippen molar-refractivity contribution in [3.05, 3.63) is 83.6 Å². The van der Waals surface area contributed by atoms with Gasteiger partial charge in [0.1, 0.15) is 22.9 Å². The maximum absolute atomic E-state index is 12.5. The summed E-state index contributed by atoms with van der Waals surface area (Å²) in [5.41, 5.74) is 3.18. The van der Waals surface area contributed by atoms with Crippen LogP contribution < -0.4 is 5.32 Å². The number of amides is 1. The van der Waals surface area contributed by atoms with E-state index in [9.17, 15) is 10.1 Å². The van der Waals surface area contributed by atoms with Crippen molar-refractivity contribution in [2.45, 2.75) is 25.4 Å². The molecule has 4 aromatic rings. The van der Waals surface area contributed by atoms with Crippen molar-refractivity contribution in [3.63, 3.8) is 0 Å². The van der Waals surface area contributed by atoms with Crippen LogP contribution in [0.15, 0.2) is 76.9 Å². The summed E-state index contributed by atoms with van der Waals surface area (Å²) in [6, 6.07) is 21.9. The number of nitrogens with one attached hydrogen (secondary N) is 1. The molecule has 1 aliphatic rings. The zero-order valence-electron chi connectivity index (χ0n) is 16.8. The molecule has 6 heteroatoms. The third kappa shape index (κ3) is 4.12. The smallest absolute Gasteiger partial charge is 0.262 e. The predicted octanol–water partition coefficient (Wildman–Crippen LogP) is 4.53. The van der Waals surface area contributed by atoms with Gasteiger partial charge in [-0.1, -0.05) is 48.5 Å². The third-order valence-corrected chi connectivity index (χ3v) is 5.21. The van der Waals surface area contributed by atoms with Gasteiger partial charge in [-0.05, 0) is 36.6 Å². The first-order valence-corrected chi connectivity index (χ1v) is 10.2. The van der Waals surface area contributed by atoms with Crippen molar-refractivity contribution in [1.82, 2.24) is 15.1 Å². The van der Waals surface area contributed by atoms with Crippen LogP contribution in [-0.2, 0) is 11.3 Å². The van der Waals surface area contributed by atoms with Crippen molar-refractivity contribution >= 4 is 23.0 Å². The maximum Gasteiger partial charge on any atom is 0.262 e. The lowest BCUT2D eigenvalue weighted by atomic mass is 10.1. The summed E-state index contributed by atoms with van der Waals surface area (Å²) in [7, 11) is 0. The highest BCUT2D eigenvalue weighted by Crippen LogP contribution is 2.30. The quantitative estimate of drug-likeness (QED) is 0.375. The molecule has 0 atom stereocenters. The number of rotatable bonds is 6. The predicted molar refractivity (Wildman–Crippen MR) is 118 cm³/mol. The molecule has 0 saturated heterocycles. The van der Waals surface area contributed by atoms with Gasteiger partial charge in [0.2, 0.25) is 0 Å². The van der Waals surface area contributed by atoms with Crippen LogP contribution >= 0.6 is 0 Å². The third-order valence-electron chi connectivity index (χ3n) is 5.21. The van der Waals surface area contributed by atoms with Crippen molar-refractivity contribution in [2.24, 2.45) is 0 Å². The summed E-state index contributed by atoms with van der Waals surface area (Å²) in [4.78, 5) is 12.5. The van der Waals surface area contributed by atoms with Crippen molar-refractivity contribution in [1.29, 1.82) is 5.26 Å². The van der Waals surface area contributed by atoms with Crippen molar-refractivity contribution in [2.75, 3.05) is 0 Å². The summed E-state index contributed by atoms with van der Waals surface area (Å²) in [5, 5.41) is 18.1. The van der Waals surface area contributed by atoms with Crippen LogP contribution in [0.2, 0.25) is 0 Å². The molecule has 1 amide bonds. The van der Waals surface area contributed by atoms with Gasteiger partial charge in [0.25, 0.3) is 5.91 Å². The van der Waals surface area contributed by atoms with Gasteiger partial charge in [-0.3, -0.25) is 9.48 Å². The van der Waals surface area contributed by atoms with Gasteiger partial charge in [0, 0.05) is 23.2 Å². The molecule has 0 bridgehead atoms. The molecule has 2 aromatic carbocycles. The average molecular weight is 408 g/mol. The first-order valence-electron chi connectivity index (χ1n) is 10.2. The molecule has 152 valence electrons. The van der Waals surface area contributed by atoms with E-state index in [1.165, 1.54) is 0 Å². The minimum atomic E-state index is -0.351. The van der Waals surface area contributed by atoms with Crippen LogP contribution in [0.4, 0.5) is 0 Å². The Morgan fingerprint density at radius 1 is 1.19 bits per heavy atom. The standard InChI is InChI=1S/C25H20N4O2/c26-14-19(25(30)27-21-10-11-21)12-20-16-29(15-17-6-2-1-3-7-17)28-24(20)23-13-18-8-4-5-9-22(18)31-23/h1-9,12-13,16,21H,10-11,15H2,(H,27,30)/b19-12+. The zero-order chi connectivity index (χ0) is 21.2. The highest BCUT2D eigenvalue weighted by molar-refractivity contribution is 6.02. The van der Waals surface area contributed by atoms with Crippen molar-refractivity contribution < 1.29 is 9.21 Å². The molecule has 2 heterocycles. The fourth-order valence-corrected chi connectivity index (χ4v) is 3.48. The average Bonchev–Trinajstić information content (AvgIpc) is 3.35. The van der Waals surface area contributed by atoms with E-state index in [-0.39, 0.29) is 17.5 Å². The van der Waals surface area contributed by atoms with Crippen LogP contribution in [0.1, 0.15) is 24.0 Å². The highest BCUT2D eigenvalue weighted by atomic mass is 16.3. The van der Waals surface area contributed by atoms with Crippen LogP contribution in [0, 0.1) is 11.3 Å². The molecular formula is C25H20N4O2. The van der Waals surface area contributed by atoms with Gasteiger partial charge >= 0.3 is 0 Å². The van der Waals surface area contributed by atoms with E-state index in [4.69, 9.17) is 9.52 Å². The topological polar surface area (TPSA) is 83.8 Å². The monoisotopic (exact) mass is 408 g/mol. The minimum absolute atomic E-state index is 0.0588. The lowest BCUT2D eigenvalue weighted by molar-refractivity contribution is -0.117. The van der Waals surface area contributed by atoms with E-state index in [0.29, 0.717) is 23.6 Å². The summed E-state index contributed by atoms with van der Waals surface area (Å²) in [6.07, 6.45) is 5.36. The molecular weight excluding hydrogens is 388 g/mol. The Labute approximate surface area is 179 Å². The Morgan fingerprint density at radius 2 is 1.97 bits per heavy atom. The molecule has 6 nitrogen and oxygen atoms in total. The molecule has 5 rings (SSSR count).